The lowest BCUT2D eigenvalue weighted by molar-refractivity contribution is -0.150. The van der Waals surface area contributed by atoms with Crippen LogP contribution in [0, 0.1) is 0 Å². The van der Waals surface area contributed by atoms with Crippen LogP contribution >= 0.6 is 23.1 Å². The molecule has 4 rings (SSSR count). The summed E-state index contributed by atoms with van der Waals surface area (Å²) >= 11 is 3.00. The molecule has 0 aliphatic carbocycles. The average Bonchev–Trinajstić information content (AvgIpc) is 3.12. The van der Waals surface area contributed by atoms with Crippen molar-refractivity contribution in [3.63, 3.8) is 0 Å². The predicted octanol–water partition coefficient (Wildman–Crippen LogP) is 1.66. The molecular formula is C18H17N3O4S2. The number of fused-ring (bicyclic) bond motifs is 2. The standard InChI is InChI=1S/C18H17N3O4S2/c1-8-7-27-17-13(16(23)21(17)14(8)18(24)25)20-15(22)12(19)10-3-2-9-4-5-26-11(9)6-10/h2-6,12-13,17H,7,19H2,1H3,(H,20,22)(H,24,25)/t12?,13-,17-/m1/s1. The largest absolute Gasteiger partial charge is 0.477 e. The molecule has 3 atom stereocenters. The van der Waals surface area contributed by atoms with Gasteiger partial charge in [-0.25, -0.2) is 4.79 Å². The molecule has 0 bridgehead atoms. The molecule has 2 aromatic rings. The fraction of sp³-hybridized carbons (Fsp3) is 0.278. The molecule has 1 unspecified atom stereocenters. The Morgan fingerprint density at radius 2 is 2.15 bits per heavy atom. The van der Waals surface area contributed by atoms with Gasteiger partial charge in [0.15, 0.2) is 0 Å². The first-order valence-corrected chi connectivity index (χ1v) is 10.2. The van der Waals surface area contributed by atoms with E-state index in [1.54, 1.807) is 24.3 Å². The van der Waals surface area contributed by atoms with Gasteiger partial charge in [-0.15, -0.1) is 23.1 Å². The Bertz CT molecular complexity index is 999. The fourth-order valence-corrected chi connectivity index (χ4v) is 5.46. The van der Waals surface area contributed by atoms with Gasteiger partial charge in [-0.2, -0.15) is 0 Å². The smallest absolute Gasteiger partial charge is 0.352 e. The Morgan fingerprint density at radius 3 is 2.89 bits per heavy atom. The number of β-lactam (4-membered cyclic amide) rings is 1. The highest BCUT2D eigenvalue weighted by Crippen LogP contribution is 2.40. The molecule has 2 aliphatic rings. The number of thiophene rings is 1. The second kappa shape index (κ2) is 6.66. The van der Waals surface area contributed by atoms with Crippen LogP contribution in [0.5, 0.6) is 0 Å². The maximum atomic E-state index is 12.6. The molecule has 4 N–H and O–H groups in total. The van der Waals surface area contributed by atoms with Crippen molar-refractivity contribution in [2.24, 2.45) is 5.73 Å². The summed E-state index contributed by atoms with van der Waals surface area (Å²) in [6, 6.07) is 5.92. The summed E-state index contributed by atoms with van der Waals surface area (Å²) in [6.45, 7) is 1.70. The van der Waals surface area contributed by atoms with Gasteiger partial charge in [-0.3, -0.25) is 14.5 Å². The van der Waals surface area contributed by atoms with Crippen LogP contribution in [0.15, 0.2) is 40.9 Å². The lowest BCUT2D eigenvalue weighted by Crippen LogP contribution is -2.71. The van der Waals surface area contributed by atoms with Crippen molar-refractivity contribution in [3.8, 4) is 0 Å². The van der Waals surface area contributed by atoms with E-state index in [-0.39, 0.29) is 5.70 Å². The van der Waals surface area contributed by atoms with Gasteiger partial charge >= 0.3 is 5.97 Å². The maximum Gasteiger partial charge on any atom is 0.352 e. The molecule has 9 heteroatoms. The minimum absolute atomic E-state index is 0.0155. The number of carboxylic acid groups (broad SMARTS) is 1. The number of benzene rings is 1. The van der Waals surface area contributed by atoms with Gasteiger partial charge in [-0.1, -0.05) is 12.1 Å². The highest BCUT2D eigenvalue weighted by molar-refractivity contribution is 8.00. The molecule has 3 heterocycles. The third-order valence-electron chi connectivity index (χ3n) is 4.78. The molecule has 1 saturated heterocycles. The van der Waals surface area contributed by atoms with Gasteiger partial charge in [0.1, 0.15) is 23.2 Å². The summed E-state index contributed by atoms with van der Waals surface area (Å²) < 4.78 is 1.04. The zero-order valence-corrected chi connectivity index (χ0v) is 16.0. The molecule has 27 heavy (non-hydrogen) atoms. The predicted molar refractivity (Wildman–Crippen MR) is 104 cm³/mol. The Kier molecular flexibility index (Phi) is 4.45. The second-order valence-corrected chi connectivity index (χ2v) is 8.58. The van der Waals surface area contributed by atoms with Crippen molar-refractivity contribution < 1.29 is 19.5 Å². The number of thioether (sulfide) groups is 1. The lowest BCUT2D eigenvalue weighted by atomic mass is 10.0. The molecule has 0 radical (unpaired) electrons. The van der Waals surface area contributed by atoms with Gasteiger partial charge in [0, 0.05) is 10.5 Å². The molecular weight excluding hydrogens is 386 g/mol. The third kappa shape index (κ3) is 2.91. The van der Waals surface area contributed by atoms with Crippen LogP contribution in [0.1, 0.15) is 18.5 Å². The zero-order chi connectivity index (χ0) is 19.3. The van der Waals surface area contributed by atoms with E-state index in [0.29, 0.717) is 16.9 Å². The van der Waals surface area contributed by atoms with Crippen LogP contribution < -0.4 is 11.1 Å². The first-order valence-electron chi connectivity index (χ1n) is 8.29. The van der Waals surface area contributed by atoms with Gasteiger partial charge < -0.3 is 16.2 Å². The zero-order valence-electron chi connectivity index (χ0n) is 14.3. The number of carboxylic acids is 1. The second-order valence-electron chi connectivity index (χ2n) is 6.53. The summed E-state index contributed by atoms with van der Waals surface area (Å²) in [7, 11) is 0. The topological polar surface area (TPSA) is 113 Å². The minimum Gasteiger partial charge on any atom is -0.477 e. The van der Waals surface area contributed by atoms with Crippen molar-refractivity contribution in [2.75, 3.05) is 5.75 Å². The summed E-state index contributed by atoms with van der Waals surface area (Å²) in [6.07, 6.45) is 0. The fourth-order valence-electron chi connectivity index (χ4n) is 3.33. The van der Waals surface area contributed by atoms with E-state index in [2.05, 4.69) is 5.32 Å². The van der Waals surface area contributed by atoms with Crippen molar-refractivity contribution in [1.29, 1.82) is 0 Å². The highest BCUT2D eigenvalue weighted by atomic mass is 32.2. The van der Waals surface area contributed by atoms with E-state index in [9.17, 15) is 19.5 Å². The van der Waals surface area contributed by atoms with Crippen LogP contribution in [0.4, 0.5) is 0 Å². The molecule has 2 aliphatic heterocycles. The van der Waals surface area contributed by atoms with Gasteiger partial charge in [0.2, 0.25) is 5.91 Å². The molecule has 0 spiro atoms. The van der Waals surface area contributed by atoms with E-state index >= 15 is 0 Å². The summed E-state index contributed by atoms with van der Waals surface area (Å²) in [4.78, 5) is 37.7. The van der Waals surface area contributed by atoms with E-state index in [1.165, 1.54) is 16.7 Å². The SMILES string of the molecule is CC1=C(C(=O)O)N2C(=O)[C@@H](NC(=O)C(N)c3ccc4ccsc4c3)[C@H]2SC1. The Labute approximate surface area is 163 Å². The summed E-state index contributed by atoms with van der Waals surface area (Å²) in [5.74, 6) is -1.49. The van der Waals surface area contributed by atoms with Crippen molar-refractivity contribution >= 4 is 51.0 Å². The van der Waals surface area contributed by atoms with Gasteiger partial charge in [0.25, 0.3) is 5.91 Å². The van der Waals surface area contributed by atoms with Gasteiger partial charge in [0.05, 0.1) is 0 Å². The molecule has 7 nitrogen and oxygen atoms in total. The van der Waals surface area contributed by atoms with E-state index < -0.39 is 35.2 Å². The van der Waals surface area contributed by atoms with Crippen LogP contribution in [-0.4, -0.2) is 45.0 Å². The number of nitrogens with zero attached hydrogens (tertiary/aromatic N) is 1. The van der Waals surface area contributed by atoms with Crippen LogP contribution in [0.2, 0.25) is 0 Å². The number of carbonyl (C=O) groups is 3. The third-order valence-corrected chi connectivity index (χ3v) is 7.08. The van der Waals surface area contributed by atoms with Crippen LogP contribution in [-0.2, 0) is 14.4 Å². The van der Waals surface area contributed by atoms with Crippen molar-refractivity contribution in [3.05, 3.63) is 46.5 Å². The molecule has 1 aromatic carbocycles. The number of nitrogens with two attached hydrogens (primary N) is 1. The first kappa shape index (κ1) is 18.0. The highest BCUT2D eigenvalue weighted by Gasteiger charge is 2.53. The Hall–Kier alpha value is -2.36. The van der Waals surface area contributed by atoms with Crippen LogP contribution in [0.3, 0.4) is 0 Å². The first-order chi connectivity index (χ1) is 12.9. The number of carbonyl (C=O) groups excluding carboxylic acids is 2. The Morgan fingerprint density at radius 1 is 1.37 bits per heavy atom. The van der Waals surface area contributed by atoms with Crippen molar-refractivity contribution in [1.82, 2.24) is 10.2 Å². The number of hydrogen-bond donors (Lipinski definition) is 3. The monoisotopic (exact) mass is 403 g/mol. The lowest BCUT2D eigenvalue weighted by Gasteiger charge is -2.49. The molecule has 140 valence electrons. The van der Waals surface area contributed by atoms with E-state index in [0.717, 1.165) is 10.1 Å². The normalized spacial score (nSPS) is 23.0. The van der Waals surface area contributed by atoms with E-state index in [4.69, 9.17) is 5.73 Å². The Balaban J connectivity index is 1.49. The number of aliphatic carboxylic acids is 1. The molecule has 0 saturated carbocycles. The number of rotatable bonds is 4. The number of hydrogen-bond acceptors (Lipinski definition) is 6. The molecule has 1 aromatic heterocycles. The molecule has 1 fully saturated rings. The van der Waals surface area contributed by atoms with E-state index in [1.807, 2.05) is 23.6 Å². The van der Waals surface area contributed by atoms with Gasteiger partial charge in [-0.05, 0) is 41.0 Å². The quantitative estimate of drug-likeness (QED) is 0.669. The van der Waals surface area contributed by atoms with Crippen molar-refractivity contribution in [2.45, 2.75) is 24.4 Å². The molecule has 2 amide bonds. The number of nitrogens with one attached hydrogen (secondary N) is 1. The summed E-state index contributed by atoms with van der Waals surface area (Å²) in [5, 5.41) is 14.7. The van der Waals surface area contributed by atoms with Crippen LogP contribution in [0.25, 0.3) is 10.1 Å². The average molecular weight is 403 g/mol. The minimum atomic E-state index is -1.13. The maximum absolute atomic E-state index is 12.6. The summed E-state index contributed by atoms with van der Waals surface area (Å²) in [5.41, 5.74) is 7.42. The number of amides is 2.